The van der Waals surface area contributed by atoms with E-state index in [0.717, 1.165) is 31.2 Å². The van der Waals surface area contributed by atoms with Gasteiger partial charge in [0.15, 0.2) is 5.78 Å². The molecule has 0 unspecified atom stereocenters. The summed E-state index contributed by atoms with van der Waals surface area (Å²) in [5.74, 6) is 1.40. The Morgan fingerprint density at radius 1 is 0.791 bits per heavy atom. The number of Topliss-reactive ketones (excluding diaryl/α,β-unsaturated/α-hetero) is 1. The van der Waals surface area contributed by atoms with Gasteiger partial charge in [0.1, 0.15) is 11.6 Å². The summed E-state index contributed by atoms with van der Waals surface area (Å²) in [5, 5.41) is 5.93. The molecule has 2 N–H and O–H groups in total. The van der Waals surface area contributed by atoms with Gasteiger partial charge in [-0.1, -0.05) is 108 Å². The van der Waals surface area contributed by atoms with Gasteiger partial charge < -0.3 is 15.4 Å². The monoisotopic (exact) mass is 596 g/mol. The minimum Gasteiger partial charge on any atom is -0.444 e. The Bertz CT molecular complexity index is 952. The number of hydrogen-bond donors (Lipinski definition) is 2. The molecule has 2 saturated carbocycles. The van der Waals surface area contributed by atoms with Crippen LogP contribution in [0, 0.1) is 23.7 Å². The molecule has 0 spiro atoms. The summed E-state index contributed by atoms with van der Waals surface area (Å²) < 4.78 is 5.47. The maximum Gasteiger partial charge on any atom is 0.408 e. The van der Waals surface area contributed by atoms with Crippen molar-refractivity contribution in [1.82, 2.24) is 10.6 Å². The Morgan fingerprint density at radius 3 is 1.81 bits per heavy atom. The van der Waals surface area contributed by atoms with Crippen LogP contribution in [0.5, 0.6) is 0 Å². The average Bonchev–Trinajstić information content (AvgIpc) is 2.96. The van der Waals surface area contributed by atoms with E-state index in [1.807, 2.05) is 44.2 Å². The number of ketones is 1. The SMILES string of the molecule is CC(C)C[C@H](NC(=O)OC(C)(C)C)C(=O)N[C@@H](Cc1ccccc1)C(=O)C(CCC1CCCCC1)CCC1CCCCC1. The molecule has 6 nitrogen and oxygen atoms in total. The van der Waals surface area contributed by atoms with E-state index in [1.54, 1.807) is 20.8 Å². The van der Waals surface area contributed by atoms with Crippen molar-refractivity contribution >= 4 is 17.8 Å². The van der Waals surface area contributed by atoms with Crippen LogP contribution in [0.4, 0.5) is 4.79 Å². The largest absolute Gasteiger partial charge is 0.444 e. The molecule has 0 aliphatic heterocycles. The van der Waals surface area contributed by atoms with Crippen molar-refractivity contribution in [3.8, 4) is 0 Å². The molecule has 2 fully saturated rings. The van der Waals surface area contributed by atoms with E-state index in [9.17, 15) is 14.4 Å². The first-order valence-electron chi connectivity index (χ1n) is 17.4. The molecule has 3 rings (SSSR count). The van der Waals surface area contributed by atoms with Gasteiger partial charge in [0.25, 0.3) is 0 Å². The van der Waals surface area contributed by atoms with Crippen LogP contribution in [0.25, 0.3) is 0 Å². The number of alkyl carbamates (subject to hydrolysis) is 1. The van der Waals surface area contributed by atoms with Crippen LogP contribution in [0.1, 0.15) is 136 Å². The fourth-order valence-electron chi connectivity index (χ4n) is 7.04. The van der Waals surface area contributed by atoms with Gasteiger partial charge in [-0.05, 0) is 82.6 Å². The quantitative estimate of drug-likeness (QED) is 0.212. The van der Waals surface area contributed by atoms with E-state index >= 15 is 0 Å². The van der Waals surface area contributed by atoms with Crippen molar-refractivity contribution in [3.63, 3.8) is 0 Å². The molecule has 242 valence electrons. The zero-order chi connectivity index (χ0) is 31.2. The maximum atomic E-state index is 14.5. The normalized spacial score (nSPS) is 18.3. The second kappa shape index (κ2) is 17.8. The number of carbonyl (C=O) groups excluding carboxylic acids is 3. The highest BCUT2D eigenvalue weighted by Gasteiger charge is 2.33. The highest BCUT2D eigenvalue weighted by atomic mass is 16.6. The van der Waals surface area contributed by atoms with Crippen LogP contribution in [0.3, 0.4) is 0 Å². The van der Waals surface area contributed by atoms with E-state index in [2.05, 4.69) is 10.6 Å². The van der Waals surface area contributed by atoms with Gasteiger partial charge in [0.2, 0.25) is 5.91 Å². The molecule has 0 heterocycles. The number of hydrogen-bond acceptors (Lipinski definition) is 4. The molecule has 2 aliphatic carbocycles. The summed E-state index contributed by atoms with van der Waals surface area (Å²) >= 11 is 0. The molecule has 0 bridgehead atoms. The molecule has 2 amide bonds. The number of ether oxygens (including phenoxy) is 1. The van der Waals surface area contributed by atoms with E-state index in [-0.39, 0.29) is 23.5 Å². The minimum atomic E-state index is -0.774. The van der Waals surface area contributed by atoms with E-state index in [4.69, 9.17) is 4.74 Å². The molecule has 1 aromatic carbocycles. The topological polar surface area (TPSA) is 84.5 Å². The highest BCUT2D eigenvalue weighted by Crippen LogP contribution is 2.33. The predicted octanol–water partition coefficient (Wildman–Crippen LogP) is 8.56. The molecule has 0 aromatic heterocycles. The lowest BCUT2D eigenvalue weighted by atomic mass is 9.78. The van der Waals surface area contributed by atoms with Crippen molar-refractivity contribution in [2.45, 2.75) is 155 Å². The van der Waals surface area contributed by atoms with E-state index in [0.29, 0.717) is 24.7 Å². The van der Waals surface area contributed by atoms with Crippen molar-refractivity contribution in [2.75, 3.05) is 0 Å². The van der Waals surface area contributed by atoms with E-state index in [1.165, 1.54) is 64.2 Å². The standard InChI is InChI=1S/C37H60N2O4/c1-27(2)25-33(39-36(42)43-37(3,4)5)35(41)38-32(26-30-19-13-8-14-20-30)34(40)31(23-21-28-15-9-6-10-16-28)24-22-29-17-11-7-12-18-29/h8,13-14,19-20,27-29,31-33H,6-7,9-12,15-18,21-26H2,1-5H3,(H,38,41)(H,39,42)/t32-,33-/m0/s1. The molecule has 2 aliphatic rings. The van der Waals surface area contributed by atoms with Gasteiger partial charge in [0.05, 0.1) is 6.04 Å². The first-order chi connectivity index (χ1) is 20.5. The van der Waals surface area contributed by atoms with Crippen LogP contribution in [-0.4, -0.2) is 35.5 Å². The molecule has 43 heavy (non-hydrogen) atoms. The number of carbonyl (C=O) groups is 3. The maximum absolute atomic E-state index is 14.5. The Labute approximate surface area is 261 Å². The Morgan fingerprint density at radius 2 is 1.33 bits per heavy atom. The molecule has 2 atom stereocenters. The zero-order valence-electron chi connectivity index (χ0n) is 27.8. The second-order valence-electron chi connectivity index (χ2n) is 14.8. The van der Waals surface area contributed by atoms with Gasteiger partial charge in [-0.15, -0.1) is 0 Å². The summed E-state index contributed by atoms with van der Waals surface area (Å²) in [6.07, 6.45) is 17.3. The molecular formula is C37H60N2O4. The molecule has 1 aromatic rings. The number of rotatable bonds is 15. The number of nitrogens with one attached hydrogen (secondary N) is 2. The van der Waals surface area contributed by atoms with Gasteiger partial charge in [-0.3, -0.25) is 9.59 Å². The molecular weight excluding hydrogens is 536 g/mol. The van der Waals surface area contributed by atoms with Crippen molar-refractivity contribution in [2.24, 2.45) is 23.7 Å². The van der Waals surface area contributed by atoms with Crippen LogP contribution < -0.4 is 10.6 Å². The van der Waals surface area contributed by atoms with Crippen LogP contribution in [0.2, 0.25) is 0 Å². The lowest BCUT2D eigenvalue weighted by Crippen LogP contribution is -2.54. The van der Waals surface area contributed by atoms with E-state index < -0.39 is 23.8 Å². The number of benzene rings is 1. The lowest BCUT2D eigenvalue weighted by Gasteiger charge is -2.30. The third-order valence-corrected chi connectivity index (χ3v) is 9.36. The highest BCUT2D eigenvalue weighted by molar-refractivity contribution is 5.93. The van der Waals surface area contributed by atoms with Gasteiger partial charge in [-0.25, -0.2) is 4.79 Å². The summed E-state index contributed by atoms with van der Waals surface area (Å²) in [6.45, 7) is 9.46. The van der Waals surface area contributed by atoms with Crippen LogP contribution in [0.15, 0.2) is 30.3 Å². The van der Waals surface area contributed by atoms with Gasteiger partial charge >= 0.3 is 6.09 Å². The smallest absolute Gasteiger partial charge is 0.408 e. The van der Waals surface area contributed by atoms with Gasteiger partial charge in [0, 0.05) is 5.92 Å². The summed E-state index contributed by atoms with van der Waals surface area (Å²) in [5.41, 5.74) is 0.360. The summed E-state index contributed by atoms with van der Waals surface area (Å²) in [7, 11) is 0. The predicted molar refractivity (Wildman–Crippen MR) is 175 cm³/mol. The average molecular weight is 597 g/mol. The fourth-order valence-corrected chi connectivity index (χ4v) is 7.04. The minimum absolute atomic E-state index is 0.0553. The summed E-state index contributed by atoms with van der Waals surface area (Å²) in [6, 6.07) is 8.57. The van der Waals surface area contributed by atoms with Crippen LogP contribution >= 0.6 is 0 Å². The zero-order valence-corrected chi connectivity index (χ0v) is 27.8. The first-order valence-corrected chi connectivity index (χ1v) is 17.4. The van der Waals surface area contributed by atoms with Crippen molar-refractivity contribution in [1.29, 1.82) is 0 Å². The molecule has 0 saturated heterocycles. The fraction of sp³-hybridized carbons (Fsp3) is 0.757. The Hall–Kier alpha value is -2.37. The molecule has 6 heteroatoms. The number of amides is 2. The lowest BCUT2D eigenvalue weighted by molar-refractivity contribution is -0.131. The Kier molecular flexibility index (Phi) is 14.5. The molecule has 0 radical (unpaired) electrons. The van der Waals surface area contributed by atoms with Crippen LogP contribution in [-0.2, 0) is 20.7 Å². The van der Waals surface area contributed by atoms with Crippen molar-refractivity contribution in [3.05, 3.63) is 35.9 Å². The first kappa shape index (κ1) is 35.1. The third kappa shape index (κ3) is 13.4. The third-order valence-electron chi connectivity index (χ3n) is 9.36. The summed E-state index contributed by atoms with van der Waals surface area (Å²) in [4.78, 5) is 40.9. The van der Waals surface area contributed by atoms with Crippen molar-refractivity contribution < 1.29 is 19.1 Å². The Balaban J connectivity index is 1.79. The second-order valence-corrected chi connectivity index (χ2v) is 14.8. The van der Waals surface area contributed by atoms with Gasteiger partial charge in [-0.2, -0.15) is 0 Å².